The summed E-state index contributed by atoms with van der Waals surface area (Å²) in [6, 6.07) is 13.8. The topological polar surface area (TPSA) is 45.5 Å². The van der Waals surface area contributed by atoms with Crippen molar-refractivity contribution in [3.63, 3.8) is 0 Å². The third-order valence-corrected chi connectivity index (χ3v) is 4.09. The van der Waals surface area contributed by atoms with Crippen molar-refractivity contribution in [3.05, 3.63) is 59.9 Å². The Bertz CT molecular complexity index is 606. The highest BCUT2D eigenvalue weighted by atomic mass is 16.3. The fourth-order valence-electron chi connectivity index (χ4n) is 2.97. The third-order valence-electron chi connectivity index (χ3n) is 4.09. The van der Waals surface area contributed by atoms with Crippen molar-refractivity contribution in [2.45, 2.75) is 25.4 Å². The summed E-state index contributed by atoms with van der Waals surface area (Å²) in [5.41, 5.74) is 1.86. The van der Waals surface area contributed by atoms with Crippen LogP contribution in [0.4, 0.5) is 0 Å². The average Bonchev–Trinajstić information content (AvgIpc) is 3.16. The molecule has 1 aromatic carbocycles. The van der Waals surface area contributed by atoms with Gasteiger partial charge in [0.2, 0.25) is 0 Å². The number of hydrogen-bond donors (Lipinski definition) is 1. The fourth-order valence-corrected chi connectivity index (χ4v) is 2.97. The molecule has 110 valence electrons. The molecule has 1 aliphatic rings. The zero-order valence-electron chi connectivity index (χ0n) is 12.0. The number of rotatable bonds is 4. The van der Waals surface area contributed by atoms with E-state index in [9.17, 15) is 9.90 Å². The van der Waals surface area contributed by atoms with E-state index in [1.54, 1.807) is 4.90 Å². The molecule has 1 aromatic heterocycles. The highest BCUT2D eigenvalue weighted by molar-refractivity contribution is 5.93. The van der Waals surface area contributed by atoms with E-state index in [4.69, 9.17) is 0 Å². The normalized spacial score (nSPS) is 18.1. The van der Waals surface area contributed by atoms with E-state index in [-0.39, 0.29) is 18.6 Å². The number of hydrogen-bond acceptors (Lipinski definition) is 2. The SMILES string of the molecule is O=C(c1cccn1Cc1ccccc1)N1CCC[C@@H]1CO. The summed E-state index contributed by atoms with van der Waals surface area (Å²) in [6.07, 6.45) is 3.79. The van der Waals surface area contributed by atoms with Gasteiger partial charge in [-0.05, 0) is 30.5 Å². The number of aromatic nitrogens is 1. The quantitative estimate of drug-likeness (QED) is 0.935. The lowest BCUT2D eigenvalue weighted by Crippen LogP contribution is -2.38. The van der Waals surface area contributed by atoms with Crippen molar-refractivity contribution >= 4 is 5.91 Å². The molecule has 0 saturated carbocycles. The number of carbonyl (C=O) groups is 1. The second kappa shape index (κ2) is 6.14. The van der Waals surface area contributed by atoms with E-state index < -0.39 is 0 Å². The molecule has 0 aliphatic carbocycles. The average molecular weight is 284 g/mol. The number of aliphatic hydroxyl groups is 1. The summed E-state index contributed by atoms with van der Waals surface area (Å²) >= 11 is 0. The molecule has 4 heteroatoms. The van der Waals surface area contributed by atoms with E-state index in [0.717, 1.165) is 19.4 Å². The van der Waals surface area contributed by atoms with E-state index in [0.29, 0.717) is 12.2 Å². The lowest BCUT2D eigenvalue weighted by atomic mass is 10.2. The van der Waals surface area contributed by atoms with Gasteiger partial charge in [-0.1, -0.05) is 30.3 Å². The molecular weight excluding hydrogens is 264 g/mol. The summed E-state index contributed by atoms with van der Waals surface area (Å²) in [4.78, 5) is 14.5. The van der Waals surface area contributed by atoms with Gasteiger partial charge in [-0.3, -0.25) is 4.79 Å². The van der Waals surface area contributed by atoms with Crippen molar-refractivity contribution in [1.29, 1.82) is 0 Å². The van der Waals surface area contributed by atoms with Crippen LogP contribution in [0.3, 0.4) is 0 Å². The molecule has 0 unspecified atom stereocenters. The van der Waals surface area contributed by atoms with Gasteiger partial charge in [0.05, 0.1) is 12.6 Å². The zero-order valence-corrected chi connectivity index (χ0v) is 12.0. The fraction of sp³-hybridized carbons (Fsp3) is 0.353. The van der Waals surface area contributed by atoms with Gasteiger partial charge < -0.3 is 14.6 Å². The Hall–Kier alpha value is -2.07. The molecule has 4 nitrogen and oxygen atoms in total. The number of likely N-dealkylation sites (tertiary alicyclic amines) is 1. The van der Waals surface area contributed by atoms with Crippen LogP contribution in [0.2, 0.25) is 0 Å². The first-order chi connectivity index (χ1) is 10.3. The van der Waals surface area contributed by atoms with Crippen molar-refractivity contribution < 1.29 is 9.90 Å². The van der Waals surface area contributed by atoms with Crippen LogP contribution in [0.25, 0.3) is 0 Å². The van der Waals surface area contributed by atoms with Crippen LogP contribution in [0.15, 0.2) is 48.7 Å². The third kappa shape index (κ3) is 2.85. The molecule has 1 amide bonds. The molecule has 1 fully saturated rings. The molecule has 3 rings (SSSR count). The van der Waals surface area contributed by atoms with Crippen LogP contribution >= 0.6 is 0 Å². The van der Waals surface area contributed by atoms with E-state index in [1.165, 1.54) is 5.56 Å². The highest BCUT2D eigenvalue weighted by Crippen LogP contribution is 2.20. The Kier molecular flexibility index (Phi) is 4.06. The molecule has 2 aromatic rings. The van der Waals surface area contributed by atoms with Crippen LogP contribution in [-0.2, 0) is 6.54 Å². The van der Waals surface area contributed by atoms with Crippen molar-refractivity contribution in [2.75, 3.05) is 13.2 Å². The number of benzene rings is 1. The highest BCUT2D eigenvalue weighted by Gasteiger charge is 2.29. The Morgan fingerprint density at radius 2 is 2.00 bits per heavy atom. The summed E-state index contributed by atoms with van der Waals surface area (Å²) in [5.74, 6) is 0.0208. The first-order valence-electron chi connectivity index (χ1n) is 7.40. The molecule has 1 N–H and O–H groups in total. The lowest BCUT2D eigenvalue weighted by molar-refractivity contribution is 0.0667. The summed E-state index contributed by atoms with van der Waals surface area (Å²) < 4.78 is 1.98. The van der Waals surface area contributed by atoms with Crippen molar-refractivity contribution in [2.24, 2.45) is 0 Å². The second-order valence-corrected chi connectivity index (χ2v) is 5.48. The second-order valence-electron chi connectivity index (χ2n) is 5.48. The maximum atomic E-state index is 12.7. The number of amides is 1. The lowest BCUT2D eigenvalue weighted by Gasteiger charge is -2.23. The van der Waals surface area contributed by atoms with Gasteiger partial charge in [-0.2, -0.15) is 0 Å². The minimum Gasteiger partial charge on any atom is -0.394 e. The Balaban J connectivity index is 1.80. The molecule has 0 radical (unpaired) electrons. The van der Waals surface area contributed by atoms with Gasteiger partial charge >= 0.3 is 0 Å². The number of nitrogens with zero attached hydrogens (tertiary/aromatic N) is 2. The van der Waals surface area contributed by atoms with Crippen LogP contribution < -0.4 is 0 Å². The van der Waals surface area contributed by atoms with Gasteiger partial charge in [0.25, 0.3) is 5.91 Å². The van der Waals surface area contributed by atoms with Gasteiger partial charge in [-0.15, -0.1) is 0 Å². The Labute approximate surface area is 124 Å². The predicted molar refractivity (Wildman–Crippen MR) is 81.1 cm³/mol. The smallest absolute Gasteiger partial charge is 0.270 e. The first kappa shape index (κ1) is 13.9. The molecule has 2 heterocycles. The minimum absolute atomic E-state index is 0.0208. The molecule has 1 atom stereocenters. The van der Waals surface area contributed by atoms with Crippen molar-refractivity contribution in [1.82, 2.24) is 9.47 Å². The van der Waals surface area contributed by atoms with Crippen LogP contribution in [-0.4, -0.2) is 39.7 Å². The minimum atomic E-state index is -0.0300. The van der Waals surface area contributed by atoms with Crippen molar-refractivity contribution in [3.8, 4) is 0 Å². The molecular formula is C17H20N2O2. The molecule has 1 aliphatic heterocycles. The van der Waals surface area contributed by atoms with E-state index in [2.05, 4.69) is 12.1 Å². The first-order valence-corrected chi connectivity index (χ1v) is 7.40. The predicted octanol–water partition coefficient (Wildman–Crippen LogP) is 2.13. The Morgan fingerprint density at radius 3 is 2.76 bits per heavy atom. The largest absolute Gasteiger partial charge is 0.394 e. The maximum Gasteiger partial charge on any atom is 0.270 e. The van der Waals surface area contributed by atoms with Crippen LogP contribution in [0, 0.1) is 0 Å². The molecule has 1 saturated heterocycles. The summed E-state index contributed by atoms with van der Waals surface area (Å²) in [5, 5.41) is 9.39. The number of carbonyl (C=O) groups excluding carboxylic acids is 1. The molecule has 21 heavy (non-hydrogen) atoms. The van der Waals surface area contributed by atoms with Gasteiger partial charge in [0, 0.05) is 19.3 Å². The van der Waals surface area contributed by atoms with Crippen LogP contribution in [0.5, 0.6) is 0 Å². The van der Waals surface area contributed by atoms with Gasteiger partial charge in [-0.25, -0.2) is 0 Å². The monoisotopic (exact) mass is 284 g/mol. The van der Waals surface area contributed by atoms with Gasteiger partial charge in [0.1, 0.15) is 5.69 Å². The van der Waals surface area contributed by atoms with E-state index >= 15 is 0 Å². The van der Waals surface area contributed by atoms with Crippen LogP contribution in [0.1, 0.15) is 28.9 Å². The Morgan fingerprint density at radius 1 is 1.19 bits per heavy atom. The molecule has 0 bridgehead atoms. The molecule has 0 spiro atoms. The zero-order chi connectivity index (χ0) is 14.7. The van der Waals surface area contributed by atoms with Gasteiger partial charge in [0.15, 0.2) is 0 Å². The number of aliphatic hydroxyl groups excluding tert-OH is 1. The standard InChI is InChI=1S/C17H20N2O2/c20-13-15-8-4-11-19(15)17(21)16-9-5-10-18(16)12-14-6-2-1-3-7-14/h1-3,5-7,9-10,15,20H,4,8,11-13H2/t15-/m1/s1. The summed E-state index contributed by atoms with van der Waals surface area (Å²) in [6.45, 7) is 1.47. The maximum absolute atomic E-state index is 12.7. The summed E-state index contributed by atoms with van der Waals surface area (Å²) in [7, 11) is 0. The van der Waals surface area contributed by atoms with E-state index in [1.807, 2.05) is 41.1 Å².